The van der Waals surface area contributed by atoms with Crippen molar-refractivity contribution in [1.29, 1.82) is 0 Å². The molecule has 0 amide bonds. The van der Waals surface area contributed by atoms with Gasteiger partial charge in [-0.15, -0.1) is 0 Å². The zero-order valence-electron chi connectivity index (χ0n) is 7.01. The Morgan fingerprint density at radius 2 is 1.86 bits per heavy atom. The van der Waals surface area contributed by atoms with Crippen molar-refractivity contribution in [3.05, 3.63) is 42.3 Å². The molecule has 0 fully saturated rings. The van der Waals surface area contributed by atoms with Crippen molar-refractivity contribution in [2.24, 2.45) is 0 Å². The summed E-state index contributed by atoms with van der Waals surface area (Å²) in [5, 5.41) is 20.7. The summed E-state index contributed by atoms with van der Waals surface area (Å²) in [5.41, 5.74) is -2.82. The van der Waals surface area contributed by atoms with Gasteiger partial charge in [-0.25, -0.2) is 0 Å². The van der Waals surface area contributed by atoms with E-state index in [1.165, 1.54) is 6.92 Å². The van der Waals surface area contributed by atoms with Crippen molar-refractivity contribution >= 4 is 11.4 Å². The van der Waals surface area contributed by atoms with E-state index in [2.05, 4.69) is 4.98 Å². The van der Waals surface area contributed by atoms with Crippen molar-refractivity contribution < 1.29 is 9.85 Å². The molecule has 0 aromatic carbocycles. The van der Waals surface area contributed by atoms with Crippen LogP contribution < -0.4 is 5.43 Å². The predicted octanol–water partition coefficient (Wildman–Crippen LogP) is 0.500. The van der Waals surface area contributed by atoms with Crippen molar-refractivity contribution in [3.63, 3.8) is 0 Å². The average Bonchev–Trinajstić information content (AvgIpc) is 2.02. The molecule has 1 rings (SSSR count). The number of pyridine rings is 1. The van der Waals surface area contributed by atoms with Gasteiger partial charge in [0.1, 0.15) is 0 Å². The van der Waals surface area contributed by atoms with Crippen LogP contribution in [0.4, 0.5) is 11.4 Å². The second-order valence-corrected chi connectivity index (χ2v) is 2.49. The molecule has 1 heterocycles. The summed E-state index contributed by atoms with van der Waals surface area (Å²) < 4.78 is 0. The minimum absolute atomic E-state index is 0.00870. The molecule has 0 atom stereocenters. The van der Waals surface area contributed by atoms with E-state index in [0.717, 1.165) is 6.20 Å². The third-order valence-electron chi connectivity index (χ3n) is 1.61. The molecule has 8 nitrogen and oxygen atoms in total. The van der Waals surface area contributed by atoms with Crippen LogP contribution in [0, 0.1) is 27.2 Å². The molecule has 0 aliphatic heterocycles. The fourth-order valence-corrected chi connectivity index (χ4v) is 0.958. The summed E-state index contributed by atoms with van der Waals surface area (Å²) in [7, 11) is 0. The number of rotatable bonds is 2. The van der Waals surface area contributed by atoms with Crippen molar-refractivity contribution in [2.45, 2.75) is 6.92 Å². The van der Waals surface area contributed by atoms with Gasteiger partial charge in [-0.05, 0) is 6.92 Å². The highest BCUT2D eigenvalue weighted by molar-refractivity contribution is 5.43. The van der Waals surface area contributed by atoms with Gasteiger partial charge in [-0.3, -0.25) is 25.0 Å². The predicted molar refractivity (Wildman–Crippen MR) is 45.1 cm³/mol. The second-order valence-electron chi connectivity index (χ2n) is 2.49. The summed E-state index contributed by atoms with van der Waals surface area (Å²) in [6.07, 6.45) is 0.838. The molecule has 0 spiro atoms. The Labute approximate surface area is 76.5 Å². The first-order valence-electron chi connectivity index (χ1n) is 3.46. The Morgan fingerprint density at radius 1 is 1.29 bits per heavy atom. The maximum atomic E-state index is 11.2. The molecule has 1 aromatic heterocycles. The van der Waals surface area contributed by atoms with E-state index in [0.29, 0.717) is 0 Å². The van der Waals surface area contributed by atoms with Gasteiger partial charge in [0, 0.05) is 0 Å². The zero-order valence-corrected chi connectivity index (χ0v) is 7.01. The summed E-state index contributed by atoms with van der Waals surface area (Å²) in [4.78, 5) is 32.2. The van der Waals surface area contributed by atoms with Gasteiger partial charge < -0.3 is 4.98 Å². The van der Waals surface area contributed by atoms with Crippen LogP contribution >= 0.6 is 0 Å². The Bertz CT molecular complexity index is 463. The van der Waals surface area contributed by atoms with Crippen molar-refractivity contribution in [1.82, 2.24) is 4.98 Å². The second kappa shape index (κ2) is 3.24. The number of aromatic amines is 1. The van der Waals surface area contributed by atoms with E-state index >= 15 is 0 Å². The molecule has 0 bridgehead atoms. The van der Waals surface area contributed by atoms with Crippen LogP contribution in [-0.4, -0.2) is 14.8 Å². The van der Waals surface area contributed by atoms with Gasteiger partial charge in [-0.1, -0.05) is 0 Å². The third kappa shape index (κ3) is 1.44. The van der Waals surface area contributed by atoms with Crippen molar-refractivity contribution in [3.8, 4) is 0 Å². The Morgan fingerprint density at radius 3 is 2.29 bits per heavy atom. The van der Waals surface area contributed by atoms with Gasteiger partial charge in [0.25, 0.3) is 0 Å². The largest absolute Gasteiger partial charge is 0.354 e. The minimum atomic E-state index is -1.18. The van der Waals surface area contributed by atoms with Crippen LogP contribution in [0.3, 0.4) is 0 Å². The number of hydrogen-bond acceptors (Lipinski definition) is 5. The van der Waals surface area contributed by atoms with Crippen molar-refractivity contribution in [2.75, 3.05) is 0 Å². The minimum Gasteiger partial charge on any atom is -0.354 e. The summed E-state index contributed by atoms with van der Waals surface area (Å²) in [5.74, 6) is 0. The monoisotopic (exact) mass is 199 g/mol. The van der Waals surface area contributed by atoms with Crippen LogP contribution in [-0.2, 0) is 0 Å². The normalized spacial score (nSPS) is 9.79. The van der Waals surface area contributed by atoms with E-state index in [9.17, 15) is 25.0 Å². The summed E-state index contributed by atoms with van der Waals surface area (Å²) in [6, 6.07) is 0. The Kier molecular flexibility index (Phi) is 2.28. The number of nitrogens with one attached hydrogen (secondary N) is 1. The number of nitrogens with zero attached hydrogens (tertiary/aromatic N) is 2. The van der Waals surface area contributed by atoms with E-state index in [1.54, 1.807) is 0 Å². The molecule has 1 N–H and O–H groups in total. The van der Waals surface area contributed by atoms with Gasteiger partial charge in [0.15, 0.2) is 0 Å². The molecule has 0 aliphatic rings. The van der Waals surface area contributed by atoms with Gasteiger partial charge in [0.05, 0.1) is 21.7 Å². The number of H-pyrrole nitrogens is 1. The van der Waals surface area contributed by atoms with E-state index in [1.807, 2.05) is 0 Å². The lowest BCUT2D eigenvalue weighted by molar-refractivity contribution is -0.397. The number of nitro groups is 2. The third-order valence-corrected chi connectivity index (χ3v) is 1.61. The van der Waals surface area contributed by atoms with Crippen LogP contribution in [0.25, 0.3) is 0 Å². The SMILES string of the molecule is Cc1[nH]cc([N+](=O)[O-])c(=O)c1[N+](=O)[O-]. The maximum Gasteiger partial charge on any atom is 0.342 e. The first-order chi connectivity index (χ1) is 6.45. The zero-order chi connectivity index (χ0) is 10.9. The molecular formula is C6H5N3O5. The Balaban J connectivity index is 3.58. The highest BCUT2D eigenvalue weighted by Crippen LogP contribution is 2.13. The lowest BCUT2D eigenvalue weighted by Gasteiger charge is -1.95. The number of hydrogen-bond donors (Lipinski definition) is 1. The van der Waals surface area contributed by atoms with Crippen LogP contribution in [0.1, 0.15) is 5.69 Å². The molecule has 1 aromatic rings. The Hall–Kier alpha value is -2.25. The summed E-state index contributed by atoms with van der Waals surface area (Å²) in [6.45, 7) is 1.29. The molecular weight excluding hydrogens is 194 g/mol. The molecule has 0 aliphatic carbocycles. The van der Waals surface area contributed by atoms with Gasteiger partial charge in [0.2, 0.25) is 0 Å². The lowest BCUT2D eigenvalue weighted by Crippen LogP contribution is -2.14. The first-order valence-corrected chi connectivity index (χ1v) is 3.46. The molecule has 14 heavy (non-hydrogen) atoms. The molecule has 0 saturated carbocycles. The first kappa shape index (κ1) is 9.84. The quantitative estimate of drug-likeness (QED) is 0.549. The highest BCUT2D eigenvalue weighted by Gasteiger charge is 2.25. The van der Waals surface area contributed by atoms with Crippen LogP contribution in [0.5, 0.6) is 0 Å². The van der Waals surface area contributed by atoms with E-state index < -0.39 is 26.7 Å². The highest BCUT2D eigenvalue weighted by atomic mass is 16.6. The molecule has 74 valence electrons. The molecule has 0 radical (unpaired) electrons. The summed E-state index contributed by atoms with van der Waals surface area (Å²) >= 11 is 0. The number of aryl methyl sites for hydroxylation is 1. The van der Waals surface area contributed by atoms with Gasteiger partial charge in [-0.2, -0.15) is 0 Å². The maximum absolute atomic E-state index is 11.2. The van der Waals surface area contributed by atoms with Crippen LogP contribution in [0.2, 0.25) is 0 Å². The van der Waals surface area contributed by atoms with E-state index in [-0.39, 0.29) is 5.69 Å². The standard InChI is InChI=1S/C6H5N3O5/c1-3-5(9(13)14)6(10)4(2-7-3)8(11)12/h2H,1H3,(H,7,10). The average molecular weight is 199 g/mol. The molecule has 0 saturated heterocycles. The molecule has 8 heteroatoms. The lowest BCUT2D eigenvalue weighted by atomic mass is 10.3. The topological polar surface area (TPSA) is 119 Å². The fraction of sp³-hybridized carbons (Fsp3) is 0.167. The van der Waals surface area contributed by atoms with E-state index in [4.69, 9.17) is 0 Å². The number of aromatic nitrogens is 1. The fourth-order valence-electron chi connectivity index (χ4n) is 0.958. The van der Waals surface area contributed by atoms with Crippen LogP contribution in [0.15, 0.2) is 11.0 Å². The molecule has 0 unspecified atom stereocenters. The smallest absolute Gasteiger partial charge is 0.342 e. The van der Waals surface area contributed by atoms with Gasteiger partial charge >= 0.3 is 16.8 Å².